The van der Waals surface area contributed by atoms with E-state index >= 15 is 0 Å². The van der Waals surface area contributed by atoms with Gasteiger partial charge >= 0.3 is 0 Å². The largest absolute Gasteiger partial charge is 0.387 e. The van der Waals surface area contributed by atoms with Crippen LogP contribution in [0.1, 0.15) is 30.1 Å². The number of β-amino-alcohol motifs (C(OH)–C–C–N with tert-alkyl or cyclic N) is 1. The van der Waals surface area contributed by atoms with E-state index in [1.54, 1.807) is 7.11 Å². The minimum atomic E-state index is -0.384. The van der Waals surface area contributed by atoms with Crippen molar-refractivity contribution in [2.45, 2.75) is 32.0 Å². The summed E-state index contributed by atoms with van der Waals surface area (Å²) in [5.74, 6) is 0. The van der Waals surface area contributed by atoms with Crippen molar-refractivity contribution in [1.29, 1.82) is 0 Å². The fourth-order valence-corrected chi connectivity index (χ4v) is 2.63. The summed E-state index contributed by atoms with van der Waals surface area (Å²) >= 11 is 0. The summed E-state index contributed by atoms with van der Waals surface area (Å²) in [6.07, 6.45) is 2.15. The van der Waals surface area contributed by atoms with E-state index in [0.717, 1.165) is 43.6 Å². The number of ether oxygens (including phenoxy) is 1. The summed E-state index contributed by atoms with van der Waals surface area (Å²) < 4.78 is 5.36. The minimum absolute atomic E-state index is 0.384. The first-order chi connectivity index (χ1) is 8.70. The number of hydrogen-bond acceptors (Lipinski definition) is 3. The lowest BCUT2D eigenvalue weighted by Gasteiger charge is -2.32. The number of methoxy groups -OCH3 is 1. The molecule has 1 atom stereocenters. The zero-order valence-electron chi connectivity index (χ0n) is 11.3. The molecule has 1 saturated heterocycles. The molecule has 0 amide bonds. The molecule has 1 aromatic carbocycles. The molecule has 0 spiro atoms. The Morgan fingerprint density at radius 2 is 2.00 bits per heavy atom. The van der Waals surface area contributed by atoms with Gasteiger partial charge in [-0.2, -0.15) is 0 Å². The summed E-state index contributed by atoms with van der Waals surface area (Å²) in [7, 11) is 1.78. The van der Waals surface area contributed by atoms with Crippen molar-refractivity contribution >= 4 is 0 Å². The Hall–Kier alpha value is -0.900. The van der Waals surface area contributed by atoms with Crippen molar-refractivity contribution in [3.05, 3.63) is 35.4 Å². The van der Waals surface area contributed by atoms with E-state index in [9.17, 15) is 5.11 Å². The Morgan fingerprint density at radius 1 is 1.33 bits per heavy atom. The van der Waals surface area contributed by atoms with Gasteiger partial charge in [-0.15, -0.1) is 0 Å². The highest BCUT2D eigenvalue weighted by Crippen LogP contribution is 2.20. The maximum absolute atomic E-state index is 10.3. The van der Waals surface area contributed by atoms with E-state index in [1.165, 1.54) is 0 Å². The van der Waals surface area contributed by atoms with Crippen molar-refractivity contribution in [3.63, 3.8) is 0 Å². The molecule has 100 valence electrons. The fraction of sp³-hybridized carbons (Fsp3) is 0.600. The number of nitrogens with zero attached hydrogens (tertiary/aromatic N) is 1. The average Bonchev–Trinajstić information content (AvgIpc) is 2.40. The second kappa shape index (κ2) is 6.32. The van der Waals surface area contributed by atoms with E-state index in [4.69, 9.17) is 4.74 Å². The molecule has 1 aromatic rings. The molecule has 1 fully saturated rings. The fourth-order valence-electron chi connectivity index (χ4n) is 2.63. The van der Waals surface area contributed by atoms with Crippen LogP contribution in [0.15, 0.2) is 24.3 Å². The molecule has 2 rings (SSSR count). The Bertz CT molecular complexity index is 373. The summed E-state index contributed by atoms with van der Waals surface area (Å²) in [4.78, 5) is 2.33. The van der Waals surface area contributed by atoms with Gasteiger partial charge in [-0.05, 0) is 30.9 Å². The highest BCUT2D eigenvalue weighted by Gasteiger charge is 2.21. The van der Waals surface area contributed by atoms with Gasteiger partial charge in [0.25, 0.3) is 0 Å². The number of hydrogen-bond donors (Lipinski definition) is 1. The van der Waals surface area contributed by atoms with Gasteiger partial charge in [0.05, 0.1) is 12.2 Å². The molecule has 18 heavy (non-hydrogen) atoms. The second-order valence-electron chi connectivity index (χ2n) is 5.11. The smallest absolute Gasteiger partial charge is 0.0919 e. The molecule has 0 aromatic heterocycles. The van der Waals surface area contributed by atoms with Crippen LogP contribution in [-0.2, 0) is 4.74 Å². The molecule has 1 heterocycles. The van der Waals surface area contributed by atoms with Crippen LogP contribution in [-0.4, -0.2) is 42.9 Å². The van der Waals surface area contributed by atoms with Gasteiger partial charge in [0, 0.05) is 26.7 Å². The van der Waals surface area contributed by atoms with Gasteiger partial charge in [-0.1, -0.05) is 24.3 Å². The first-order valence-electron chi connectivity index (χ1n) is 6.69. The molecule has 0 radical (unpaired) electrons. The van der Waals surface area contributed by atoms with Crippen molar-refractivity contribution in [1.82, 2.24) is 4.90 Å². The van der Waals surface area contributed by atoms with Crippen LogP contribution < -0.4 is 0 Å². The Kier molecular flexibility index (Phi) is 4.75. The Balaban J connectivity index is 1.89. The monoisotopic (exact) mass is 249 g/mol. The highest BCUT2D eigenvalue weighted by atomic mass is 16.5. The SMILES string of the molecule is COC1CCN(CC(O)c2ccccc2C)CC1. The first kappa shape index (κ1) is 13.5. The Morgan fingerprint density at radius 3 is 2.61 bits per heavy atom. The Labute approximate surface area is 109 Å². The minimum Gasteiger partial charge on any atom is -0.387 e. The van der Waals surface area contributed by atoms with Crippen LogP contribution >= 0.6 is 0 Å². The maximum Gasteiger partial charge on any atom is 0.0919 e. The van der Waals surface area contributed by atoms with Crippen molar-refractivity contribution in [3.8, 4) is 0 Å². The standard InChI is InChI=1S/C15H23NO2/c1-12-5-3-4-6-14(12)15(17)11-16-9-7-13(18-2)8-10-16/h3-6,13,15,17H,7-11H2,1-2H3. The van der Waals surface area contributed by atoms with Crippen LogP contribution in [0.2, 0.25) is 0 Å². The van der Waals surface area contributed by atoms with Gasteiger partial charge < -0.3 is 14.7 Å². The molecular formula is C15H23NO2. The number of aliphatic hydroxyl groups excluding tert-OH is 1. The number of piperidine rings is 1. The van der Waals surface area contributed by atoms with Gasteiger partial charge in [-0.25, -0.2) is 0 Å². The van der Waals surface area contributed by atoms with E-state index < -0.39 is 0 Å². The van der Waals surface area contributed by atoms with Crippen LogP contribution in [0.3, 0.4) is 0 Å². The maximum atomic E-state index is 10.3. The molecule has 3 heteroatoms. The van der Waals surface area contributed by atoms with Crippen molar-refractivity contribution < 1.29 is 9.84 Å². The summed E-state index contributed by atoms with van der Waals surface area (Å²) in [5.41, 5.74) is 2.21. The van der Waals surface area contributed by atoms with E-state index in [-0.39, 0.29) is 6.10 Å². The van der Waals surface area contributed by atoms with Gasteiger partial charge in [0.15, 0.2) is 0 Å². The molecule has 1 unspecified atom stereocenters. The third-order valence-electron chi connectivity index (χ3n) is 3.85. The lowest BCUT2D eigenvalue weighted by Crippen LogP contribution is -2.39. The average molecular weight is 249 g/mol. The molecule has 1 aliphatic heterocycles. The van der Waals surface area contributed by atoms with Crippen LogP contribution in [0.25, 0.3) is 0 Å². The third-order valence-corrected chi connectivity index (χ3v) is 3.85. The highest BCUT2D eigenvalue weighted by molar-refractivity contribution is 5.27. The molecule has 3 nitrogen and oxygen atoms in total. The van der Waals surface area contributed by atoms with Crippen LogP contribution in [0.5, 0.6) is 0 Å². The first-order valence-corrected chi connectivity index (χ1v) is 6.69. The number of aryl methyl sites for hydroxylation is 1. The van der Waals surface area contributed by atoms with E-state index in [0.29, 0.717) is 6.10 Å². The van der Waals surface area contributed by atoms with Gasteiger partial charge in [-0.3, -0.25) is 0 Å². The topological polar surface area (TPSA) is 32.7 Å². The van der Waals surface area contributed by atoms with Crippen molar-refractivity contribution in [2.75, 3.05) is 26.7 Å². The van der Waals surface area contributed by atoms with Crippen LogP contribution in [0, 0.1) is 6.92 Å². The predicted octanol–water partition coefficient (Wildman–Crippen LogP) is 2.14. The normalized spacial score (nSPS) is 19.9. The summed E-state index contributed by atoms with van der Waals surface area (Å²) in [6, 6.07) is 8.07. The number of rotatable bonds is 4. The lowest BCUT2D eigenvalue weighted by atomic mass is 10.0. The summed E-state index contributed by atoms with van der Waals surface area (Å²) in [6.45, 7) is 4.81. The van der Waals surface area contributed by atoms with E-state index in [1.807, 2.05) is 18.2 Å². The summed E-state index contributed by atoms with van der Waals surface area (Å²) in [5, 5.41) is 10.3. The molecule has 0 bridgehead atoms. The van der Waals surface area contributed by atoms with Crippen LogP contribution in [0.4, 0.5) is 0 Å². The number of benzene rings is 1. The van der Waals surface area contributed by atoms with E-state index in [2.05, 4.69) is 17.9 Å². The molecule has 0 saturated carbocycles. The molecule has 1 aliphatic rings. The predicted molar refractivity (Wildman–Crippen MR) is 72.6 cm³/mol. The molecular weight excluding hydrogens is 226 g/mol. The zero-order valence-corrected chi connectivity index (χ0v) is 11.3. The quantitative estimate of drug-likeness (QED) is 0.887. The molecule has 0 aliphatic carbocycles. The zero-order chi connectivity index (χ0) is 13.0. The van der Waals surface area contributed by atoms with Gasteiger partial charge in [0.1, 0.15) is 0 Å². The van der Waals surface area contributed by atoms with Gasteiger partial charge in [0.2, 0.25) is 0 Å². The molecule has 1 N–H and O–H groups in total. The second-order valence-corrected chi connectivity index (χ2v) is 5.11. The number of aliphatic hydroxyl groups is 1. The van der Waals surface area contributed by atoms with Crippen molar-refractivity contribution in [2.24, 2.45) is 0 Å². The lowest BCUT2D eigenvalue weighted by molar-refractivity contribution is 0.0241. The third kappa shape index (κ3) is 3.31. The number of likely N-dealkylation sites (tertiary alicyclic amines) is 1.